The fraction of sp³-hybridized carbons (Fsp3) is 0.667. The molecule has 0 saturated carbocycles. The first-order valence-corrected chi connectivity index (χ1v) is 9.98. The van der Waals surface area contributed by atoms with E-state index in [2.05, 4.69) is 16.0 Å². The summed E-state index contributed by atoms with van der Waals surface area (Å²) >= 11 is 0. The molecule has 14 nitrogen and oxygen atoms in total. The highest BCUT2D eigenvalue weighted by atomic mass is 16.4. The lowest BCUT2D eigenvalue weighted by Gasteiger charge is -2.24. The monoisotopic (exact) mass is 460 g/mol. The molecule has 0 fully saturated rings. The Morgan fingerprint density at radius 1 is 0.844 bits per heavy atom. The van der Waals surface area contributed by atoms with E-state index in [1.165, 1.54) is 0 Å². The van der Waals surface area contributed by atoms with Crippen molar-refractivity contribution >= 4 is 35.6 Å². The molecule has 0 bridgehead atoms. The number of rotatable bonds is 16. The number of primary amides is 1. The fourth-order valence-electron chi connectivity index (χ4n) is 2.51. The van der Waals surface area contributed by atoms with Gasteiger partial charge in [0.25, 0.3) is 0 Å². The molecule has 182 valence electrons. The molecule has 0 saturated heterocycles. The Morgan fingerprint density at radius 2 is 1.41 bits per heavy atom. The molecular weight excluding hydrogens is 428 g/mol. The van der Waals surface area contributed by atoms with Crippen molar-refractivity contribution in [3.8, 4) is 0 Å². The van der Waals surface area contributed by atoms with Crippen LogP contribution in [0.25, 0.3) is 0 Å². The van der Waals surface area contributed by atoms with Gasteiger partial charge >= 0.3 is 11.9 Å². The molecule has 0 rings (SSSR count). The van der Waals surface area contributed by atoms with E-state index in [1.807, 2.05) is 0 Å². The maximum Gasteiger partial charge on any atom is 0.325 e. The highest BCUT2D eigenvalue weighted by Crippen LogP contribution is 2.04. The van der Waals surface area contributed by atoms with Crippen LogP contribution in [0.15, 0.2) is 0 Å². The number of carbonyl (C=O) groups excluding carboxylic acids is 4. The summed E-state index contributed by atoms with van der Waals surface area (Å²) in [6.07, 6.45) is 0.157. The second-order valence-electron chi connectivity index (χ2n) is 7.18. The van der Waals surface area contributed by atoms with E-state index in [-0.39, 0.29) is 12.8 Å². The molecule has 0 aliphatic carbocycles. The van der Waals surface area contributed by atoms with Crippen molar-refractivity contribution in [2.75, 3.05) is 6.54 Å². The molecule has 4 unspecified atom stereocenters. The molecule has 14 heteroatoms. The van der Waals surface area contributed by atoms with Crippen LogP contribution < -0.4 is 33.2 Å². The molecule has 32 heavy (non-hydrogen) atoms. The Bertz CT molecular complexity index is 701. The zero-order valence-corrected chi connectivity index (χ0v) is 17.8. The van der Waals surface area contributed by atoms with Gasteiger partial charge in [0.1, 0.15) is 18.1 Å². The second kappa shape index (κ2) is 14.7. The van der Waals surface area contributed by atoms with Crippen LogP contribution in [0.5, 0.6) is 0 Å². The Kier molecular flexibility index (Phi) is 13.2. The molecule has 0 aliphatic heterocycles. The van der Waals surface area contributed by atoms with Gasteiger partial charge in [0.2, 0.25) is 23.6 Å². The van der Waals surface area contributed by atoms with Crippen LogP contribution in [0.2, 0.25) is 0 Å². The van der Waals surface area contributed by atoms with E-state index < -0.39 is 66.2 Å². The van der Waals surface area contributed by atoms with E-state index in [0.717, 1.165) is 6.92 Å². The molecule has 0 spiro atoms. The molecule has 0 aromatic rings. The smallest absolute Gasteiger partial charge is 0.325 e. The van der Waals surface area contributed by atoms with Crippen molar-refractivity contribution in [2.45, 2.75) is 69.6 Å². The third-order valence-electron chi connectivity index (χ3n) is 4.36. The lowest BCUT2D eigenvalue weighted by atomic mass is 10.1. The number of amides is 4. The molecule has 0 aromatic carbocycles. The summed E-state index contributed by atoms with van der Waals surface area (Å²) in [5.41, 5.74) is 16.3. The summed E-state index contributed by atoms with van der Waals surface area (Å²) in [7, 11) is 0. The highest BCUT2D eigenvalue weighted by Gasteiger charge is 2.30. The Labute approximate surface area is 184 Å². The van der Waals surface area contributed by atoms with E-state index in [0.29, 0.717) is 25.8 Å². The first kappa shape index (κ1) is 28.7. The minimum atomic E-state index is -1.63. The summed E-state index contributed by atoms with van der Waals surface area (Å²) in [6.45, 7) is 1.58. The largest absolute Gasteiger partial charge is 0.481 e. The maximum absolute atomic E-state index is 12.7. The Morgan fingerprint density at radius 3 is 1.91 bits per heavy atom. The SMILES string of the molecule is CC(NC(=O)C(CC(=O)O)NC(=O)C(CCC(N)=O)NC(=O)C(N)CCCCN)C(=O)O. The predicted octanol–water partition coefficient (Wildman–Crippen LogP) is -3.26. The Balaban J connectivity index is 5.35. The zero-order valence-electron chi connectivity index (χ0n) is 17.8. The maximum atomic E-state index is 12.7. The lowest BCUT2D eigenvalue weighted by Crippen LogP contribution is -2.57. The normalized spacial score (nSPS) is 14.3. The standard InChI is InChI=1S/C18H32N6O8/c1-9(18(31)32)22-17(30)12(8-14(26)27)24-16(29)11(5-6-13(21)25)23-15(28)10(20)4-2-3-7-19/h9-12H,2-8,19-20H2,1H3,(H2,21,25)(H,22,30)(H,23,28)(H,24,29)(H,26,27)(H,31,32). The van der Waals surface area contributed by atoms with E-state index in [9.17, 15) is 28.8 Å². The van der Waals surface area contributed by atoms with Crippen molar-refractivity contribution in [1.82, 2.24) is 16.0 Å². The lowest BCUT2D eigenvalue weighted by molar-refractivity contribution is -0.143. The van der Waals surface area contributed by atoms with Crippen LogP contribution >= 0.6 is 0 Å². The summed E-state index contributed by atoms with van der Waals surface area (Å²) < 4.78 is 0. The molecule has 4 amide bonds. The summed E-state index contributed by atoms with van der Waals surface area (Å²) in [6, 6.07) is -5.27. The van der Waals surface area contributed by atoms with E-state index >= 15 is 0 Å². The van der Waals surface area contributed by atoms with Crippen LogP contribution in [0.4, 0.5) is 0 Å². The number of carboxylic acids is 2. The third kappa shape index (κ3) is 11.8. The van der Waals surface area contributed by atoms with Gasteiger partial charge in [-0.2, -0.15) is 0 Å². The predicted molar refractivity (Wildman–Crippen MR) is 111 cm³/mol. The van der Waals surface area contributed by atoms with Gasteiger partial charge < -0.3 is 43.4 Å². The molecule has 4 atom stereocenters. The molecule has 0 aliphatic rings. The topological polar surface area (TPSA) is 257 Å². The summed E-state index contributed by atoms with van der Waals surface area (Å²) in [4.78, 5) is 70.4. The minimum Gasteiger partial charge on any atom is -0.481 e. The third-order valence-corrected chi connectivity index (χ3v) is 4.36. The van der Waals surface area contributed by atoms with Crippen molar-refractivity contribution in [3.05, 3.63) is 0 Å². The molecule has 0 radical (unpaired) electrons. The van der Waals surface area contributed by atoms with Crippen LogP contribution in [0.3, 0.4) is 0 Å². The molecular formula is C18H32N6O8. The zero-order chi connectivity index (χ0) is 24.8. The van der Waals surface area contributed by atoms with E-state index in [1.54, 1.807) is 0 Å². The average molecular weight is 460 g/mol. The van der Waals surface area contributed by atoms with Gasteiger partial charge in [-0.15, -0.1) is 0 Å². The number of carboxylic acid groups (broad SMARTS) is 2. The average Bonchev–Trinajstić information content (AvgIpc) is 2.69. The number of hydrogen-bond acceptors (Lipinski definition) is 8. The van der Waals surface area contributed by atoms with Gasteiger partial charge in [0.05, 0.1) is 12.5 Å². The van der Waals surface area contributed by atoms with Crippen LogP contribution in [0, 0.1) is 0 Å². The van der Waals surface area contributed by atoms with Crippen molar-refractivity contribution < 1.29 is 39.0 Å². The fourth-order valence-corrected chi connectivity index (χ4v) is 2.51. The number of carbonyl (C=O) groups is 6. The number of nitrogens with two attached hydrogens (primary N) is 3. The van der Waals surface area contributed by atoms with Crippen molar-refractivity contribution in [1.29, 1.82) is 0 Å². The molecule has 11 N–H and O–H groups in total. The first-order chi connectivity index (χ1) is 14.9. The molecule has 0 aromatic heterocycles. The molecule has 0 heterocycles. The van der Waals surface area contributed by atoms with Gasteiger partial charge in [-0.1, -0.05) is 6.42 Å². The van der Waals surface area contributed by atoms with Gasteiger partial charge in [-0.25, -0.2) is 0 Å². The quantitative estimate of drug-likeness (QED) is 0.107. The highest BCUT2D eigenvalue weighted by molar-refractivity contribution is 5.95. The second-order valence-corrected chi connectivity index (χ2v) is 7.18. The van der Waals surface area contributed by atoms with Gasteiger partial charge in [-0.3, -0.25) is 28.8 Å². The summed E-state index contributed by atoms with van der Waals surface area (Å²) in [5.74, 6) is -6.25. The van der Waals surface area contributed by atoms with Crippen molar-refractivity contribution in [2.24, 2.45) is 17.2 Å². The van der Waals surface area contributed by atoms with Gasteiger partial charge in [-0.05, 0) is 32.7 Å². The Hall–Kier alpha value is -3.26. The van der Waals surface area contributed by atoms with Crippen LogP contribution in [-0.4, -0.2) is 76.5 Å². The number of aliphatic carboxylic acids is 2. The summed E-state index contributed by atoms with van der Waals surface area (Å²) in [5, 5.41) is 24.5. The first-order valence-electron chi connectivity index (χ1n) is 9.98. The van der Waals surface area contributed by atoms with Gasteiger partial charge in [0, 0.05) is 6.42 Å². The van der Waals surface area contributed by atoms with Crippen molar-refractivity contribution in [3.63, 3.8) is 0 Å². The van der Waals surface area contributed by atoms with Gasteiger partial charge in [0.15, 0.2) is 0 Å². The van der Waals surface area contributed by atoms with Crippen LogP contribution in [-0.2, 0) is 28.8 Å². The number of hydrogen-bond donors (Lipinski definition) is 8. The minimum absolute atomic E-state index is 0.227. The number of nitrogens with one attached hydrogen (secondary N) is 3. The van der Waals surface area contributed by atoms with E-state index in [4.69, 9.17) is 27.4 Å². The van der Waals surface area contributed by atoms with Crippen LogP contribution in [0.1, 0.15) is 45.4 Å². The number of unbranched alkanes of at least 4 members (excludes halogenated alkanes) is 1.